The van der Waals surface area contributed by atoms with E-state index < -0.39 is 0 Å². The van der Waals surface area contributed by atoms with E-state index in [1.54, 1.807) is 32.4 Å². The highest BCUT2D eigenvalue weighted by Crippen LogP contribution is 2.28. The lowest BCUT2D eigenvalue weighted by Crippen LogP contribution is -2.22. The molecule has 1 rings (SSSR count). The van der Waals surface area contributed by atoms with Gasteiger partial charge in [-0.15, -0.1) is 0 Å². The predicted molar refractivity (Wildman–Crippen MR) is 87.2 cm³/mol. The summed E-state index contributed by atoms with van der Waals surface area (Å²) in [6, 6.07) is 5.47. The van der Waals surface area contributed by atoms with Crippen LogP contribution in [0.15, 0.2) is 36.9 Å². The lowest BCUT2D eigenvalue weighted by atomic mass is 10.2. The molecule has 0 atom stereocenters. The summed E-state index contributed by atoms with van der Waals surface area (Å²) < 4.78 is 15.7. The maximum Gasteiger partial charge on any atom is 0.244 e. The van der Waals surface area contributed by atoms with Gasteiger partial charge in [0.05, 0.1) is 7.11 Å². The number of rotatable bonds is 10. The molecule has 5 nitrogen and oxygen atoms in total. The van der Waals surface area contributed by atoms with Crippen LogP contribution in [0.3, 0.4) is 0 Å². The number of amides is 1. The smallest absolute Gasteiger partial charge is 0.244 e. The van der Waals surface area contributed by atoms with Crippen LogP contribution in [0, 0.1) is 0 Å². The zero-order chi connectivity index (χ0) is 16.2. The van der Waals surface area contributed by atoms with E-state index in [2.05, 4.69) is 11.9 Å². The Morgan fingerprint density at radius 1 is 1.32 bits per heavy atom. The summed E-state index contributed by atoms with van der Waals surface area (Å²) in [6.07, 6.45) is 5.68. The number of carbonyl (C=O) groups is 1. The Morgan fingerprint density at radius 3 is 2.82 bits per heavy atom. The summed E-state index contributed by atoms with van der Waals surface area (Å²) in [5, 5.41) is 2.78. The molecule has 1 N–H and O–H groups in total. The Labute approximate surface area is 131 Å². The molecule has 120 valence electrons. The van der Waals surface area contributed by atoms with Crippen molar-refractivity contribution < 1.29 is 19.0 Å². The molecule has 0 saturated heterocycles. The van der Waals surface area contributed by atoms with Crippen LogP contribution in [0.25, 0.3) is 6.08 Å². The van der Waals surface area contributed by atoms with Crippen molar-refractivity contribution in [2.75, 3.05) is 34.0 Å². The van der Waals surface area contributed by atoms with E-state index in [0.717, 1.165) is 12.0 Å². The Bertz CT molecular complexity index is 511. The van der Waals surface area contributed by atoms with E-state index in [4.69, 9.17) is 14.2 Å². The minimum atomic E-state index is -0.137. The minimum Gasteiger partial charge on any atom is -0.493 e. The summed E-state index contributed by atoms with van der Waals surface area (Å²) in [4.78, 5) is 11.6. The van der Waals surface area contributed by atoms with Crippen molar-refractivity contribution in [2.45, 2.75) is 6.42 Å². The quantitative estimate of drug-likeness (QED) is 0.410. The first-order valence-corrected chi connectivity index (χ1v) is 7.07. The van der Waals surface area contributed by atoms with Gasteiger partial charge < -0.3 is 19.5 Å². The van der Waals surface area contributed by atoms with E-state index in [0.29, 0.717) is 31.3 Å². The molecule has 0 bridgehead atoms. The molecular formula is C17H23NO4. The molecular weight excluding hydrogens is 282 g/mol. The third-order valence-electron chi connectivity index (χ3n) is 2.80. The van der Waals surface area contributed by atoms with Gasteiger partial charge in [0.25, 0.3) is 0 Å². The van der Waals surface area contributed by atoms with Crippen molar-refractivity contribution >= 4 is 12.0 Å². The summed E-state index contributed by atoms with van der Waals surface area (Å²) in [5.41, 5.74) is 0.856. The number of nitrogens with one attached hydrogen (secondary N) is 1. The fraction of sp³-hybridized carbons (Fsp3) is 0.353. The van der Waals surface area contributed by atoms with Gasteiger partial charge in [0.2, 0.25) is 5.91 Å². The van der Waals surface area contributed by atoms with Crippen LogP contribution < -0.4 is 14.8 Å². The summed E-state index contributed by atoms with van der Waals surface area (Å²) in [7, 11) is 3.21. The topological polar surface area (TPSA) is 56.8 Å². The molecule has 0 aliphatic carbocycles. The van der Waals surface area contributed by atoms with Gasteiger partial charge in [-0.2, -0.15) is 0 Å². The Balaban J connectivity index is 2.59. The fourth-order valence-electron chi connectivity index (χ4n) is 1.71. The second kappa shape index (κ2) is 10.5. The molecule has 1 aromatic rings. The maximum atomic E-state index is 11.6. The lowest BCUT2D eigenvalue weighted by Gasteiger charge is -2.09. The molecule has 0 saturated carbocycles. The van der Waals surface area contributed by atoms with Crippen LogP contribution in [0.2, 0.25) is 0 Å². The molecule has 22 heavy (non-hydrogen) atoms. The van der Waals surface area contributed by atoms with Crippen molar-refractivity contribution in [3.63, 3.8) is 0 Å². The Kier molecular flexibility index (Phi) is 8.45. The normalized spacial score (nSPS) is 10.5. The molecule has 0 unspecified atom stereocenters. The van der Waals surface area contributed by atoms with E-state index in [1.165, 1.54) is 6.08 Å². The fourth-order valence-corrected chi connectivity index (χ4v) is 1.71. The molecule has 0 aliphatic heterocycles. The second-order valence-corrected chi connectivity index (χ2v) is 4.48. The number of methoxy groups -OCH3 is 2. The van der Waals surface area contributed by atoms with Crippen LogP contribution in [0.5, 0.6) is 11.5 Å². The molecule has 0 radical (unpaired) electrons. The minimum absolute atomic E-state index is 0.137. The zero-order valence-electron chi connectivity index (χ0n) is 13.1. The van der Waals surface area contributed by atoms with Crippen LogP contribution in [0.4, 0.5) is 0 Å². The Morgan fingerprint density at radius 2 is 2.14 bits per heavy atom. The highest BCUT2D eigenvalue weighted by molar-refractivity contribution is 5.91. The van der Waals surface area contributed by atoms with Crippen LogP contribution in [-0.2, 0) is 9.53 Å². The largest absolute Gasteiger partial charge is 0.493 e. The molecule has 0 aromatic heterocycles. The number of hydrogen-bond acceptors (Lipinski definition) is 4. The van der Waals surface area contributed by atoms with Crippen molar-refractivity contribution in [1.29, 1.82) is 0 Å². The highest BCUT2D eigenvalue weighted by atomic mass is 16.5. The molecule has 5 heteroatoms. The molecule has 0 aliphatic rings. The number of benzene rings is 1. The monoisotopic (exact) mass is 305 g/mol. The van der Waals surface area contributed by atoms with Gasteiger partial charge in [-0.25, -0.2) is 0 Å². The van der Waals surface area contributed by atoms with Crippen LogP contribution >= 0.6 is 0 Å². The first kappa shape index (κ1) is 17.8. The average Bonchev–Trinajstić information content (AvgIpc) is 2.55. The van der Waals surface area contributed by atoms with E-state index >= 15 is 0 Å². The molecule has 1 amide bonds. The average molecular weight is 305 g/mol. The van der Waals surface area contributed by atoms with Crippen LogP contribution in [0.1, 0.15) is 12.0 Å². The Hall–Kier alpha value is -2.27. The highest BCUT2D eigenvalue weighted by Gasteiger charge is 2.04. The van der Waals surface area contributed by atoms with E-state index in [1.807, 2.05) is 12.1 Å². The molecule has 0 heterocycles. The van der Waals surface area contributed by atoms with Gasteiger partial charge in [0.1, 0.15) is 6.61 Å². The first-order valence-electron chi connectivity index (χ1n) is 7.07. The number of carbonyl (C=O) groups excluding carboxylic acids is 1. The third-order valence-corrected chi connectivity index (χ3v) is 2.80. The lowest BCUT2D eigenvalue weighted by molar-refractivity contribution is -0.116. The van der Waals surface area contributed by atoms with Gasteiger partial charge in [-0.3, -0.25) is 4.79 Å². The summed E-state index contributed by atoms with van der Waals surface area (Å²) in [5.74, 6) is 1.12. The van der Waals surface area contributed by atoms with Gasteiger partial charge in [-0.05, 0) is 30.2 Å². The van der Waals surface area contributed by atoms with Gasteiger partial charge >= 0.3 is 0 Å². The van der Waals surface area contributed by atoms with Crippen molar-refractivity contribution in [3.8, 4) is 11.5 Å². The molecule has 1 aromatic carbocycles. The van der Waals surface area contributed by atoms with Gasteiger partial charge in [0, 0.05) is 26.3 Å². The number of ether oxygens (including phenoxy) is 3. The predicted octanol–water partition coefficient (Wildman–Crippen LogP) is 2.43. The van der Waals surface area contributed by atoms with Crippen molar-refractivity contribution in [3.05, 3.63) is 42.5 Å². The first-order chi connectivity index (χ1) is 10.7. The maximum absolute atomic E-state index is 11.6. The zero-order valence-corrected chi connectivity index (χ0v) is 13.1. The summed E-state index contributed by atoms with van der Waals surface area (Å²) in [6.45, 7) is 5.24. The summed E-state index contributed by atoms with van der Waals surface area (Å²) >= 11 is 0. The SMILES string of the molecule is C=CCOc1ccc(/C=C/C(=O)NCCCOC)cc1OC. The second-order valence-electron chi connectivity index (χ2n) is 4.48. The van der Waals surface area contributed by atoms with Crippen LogP contribution in [-0.4, -0.2) is 39.9 Å². The van der Waals surface area contributed by atoms with Crippen molar-refractivity contribution in [1.82, 2.24) is 5.32 Å². The molecule has 0 fully saturated rings. The van der Waals surface area contributed by atoms with E-state index in [-0.39, 0.29) is 5.91 Å². The standard InChI is InChI=1S/C17H23NO4/c1-4-11-22-15-8-6-14(13-16(15)21-3)7-9-17(19)18-10-5-12-20-2/h4,6-9,13H,1,5,10-12H2,2-3H3,(H,18,19)/b9-7+. The van der Waals surface area contributed by atoms with Gasteiger partial charge in [-0.1, -0.05) is 18.7 Å². The number of hydrogen-bond donors (Lipinski definition) is 1. The third kappa shape index (κ3) is 6.45. The molecule has 0 spiro atoms. The van der Waals surface area contributed by atoms with Crippen molar-refractivity contribution in [2.24, 2.45) is 0 Å². The van der Waals surface area contributed by atoms with Gasteiger partial charge in [0.15, 0.2) is 11.5 Å². The van der Waals surface area contributed by atoms with E-state index in [9.17, 15) is 4.79 Å².